The van der Waals surface area contributed by atoms with E-state index in [4.69, 9.17) is 0 Å². The predicted molar refractivity (Wildman–Crippen MR) is 21.9 cm³/mol. The highest BCUT2D eigenvalue weighted by Crippen LogP contribution is 2.47. The smallest absolute Gasteiger partial charge is 0.274 e. The number of halogens is 7. The summed E-state index contributed by atoms with van der Waals surface area (Å²) in [7, 11) is 0. The van der Waals surface area contributed by atoms with Gasteiger partial charge in [0.25, 0.3) is 6.29 Å². The van der Waals surface area contributed by atoms with Gasteiger partial charge < -0.3 is 0 Å². The highest BCUT2D eigenvalue weighted by atomic mass is 19.4. The third kappa shape index (κ3) is 1.70. The first-order valence-corrected chi connectivity index (χ1v) is 2.74. The van der Waals surface area contributed by atoms with E-state index in [2.05, 4.69) is 9.47 Å². The molecule has 0 saturated carbocycles. The van der Waals surface area contributed by atoms with E-state index in [9.17, 15) is 30.7 Å². The Labute approximate surface area is 66.2 Å². The molecule has 1 aliphatic heterocycles. The maximum absolute atomic E-state index is 11.9. The number of hydrogen-bond donors (Lipinski definition) is 0. The molecule has 0 aliphatic carbocycles. The second kappa shape index (κ2) is 2.47. The zero-order chi connectivity index (χ0) is 10.5. The van der Waals surface area contributed by atoms with E-state index >= 15 is 0 Å². The van der Waals surface area contributed by atoms with Crippen molar-refractivity contribution >= 4 is 0 Å². The molecule has 1 rings (SSSR count). The molecule has 1 aliphatic rings. The Morgan fingerprint density at radius 2 is 1.15 bits per heavy atom. The Kier molecular flexibility index (Phi) is 2.00. The number of alkyl halides is 7. The molecule has 0 aromatic rings. The second-order valence-corrected chi connectivity index (χ2v) is 2.14. The van der Waals surface area contributed by atoms with E-state index in [1.807, 2.05) is 0 Å². The van der Waals surface area contributed by atoms with Crippen molar-refractivity contribution in [1.29, 1.82) is 0 Å². The van der Waals surface area contributed by atoms with E-state index in [-0.39, 0.29) is 0 Å². The van der Waals surface area contributed by atoms with Crippen molar-refractivity contribution in [2.75, 3.05) is 0 Å². The molecule has 13 heavy (non-hydrogen) atoms. The fraction of sp³-hybridized carbons (Fsp3) is 1.00. The van der Waals surface area contributed by atoms with Crippen LogP contribution in [-0.2, 0) is 9.47 Å². The molecule has 0 unspecified atom stereocenters. The first-order valence-electron chi connectivity index (χ1n) is 2.74. The topological polar surface area (TPSA) is 18.5 Å². The summed E-state index contributed by atoms with van der Waals surface area (Å²) in [5.41, 5.74) is 0. The number of ether oxygens (including phenoxy) is 2. The highest BCUT2D eigenvalue weighted by Gasteiger charge is 2.72. The standard InChI is InChI=1S/C4HF7O2/c5-2(6,7)1-12-3(8,9)4(10,11)13-1/h1H. The lowest BCUT2D eigenvalue weighted by atomic mass is 10.6. The van der Waals surface area contributed by atoms with Crippen LogP contribution in [0.5, 0.6) is 0 Å². The lowest BCUT2D eigenvalue weighted by molar-refractivity contribution is -0.344. The summed E-state index contributed by atoms with van der Waals surface area (Å²) >= 11 is 0. The van der Waals surface area contributed by atoms with Gasteiger partial charge in [0.1, 0.15) is 0 Å². The Morgan fingerprint density at radius 1 is 0.846 bits per heavy atom. The second-order valence-electron chi connectivity index (χ2n) is 2.14. The van der Waals surface area contributed by atoms with Crippen molar-refractivity contribution in [2.24, 2.45) is 0 Å². The van der Waals surface area contributed by atoms with Gasteiger partial charge in [0, 0.05) is 0 Å². The highest BCUT2D eigenvalue weighted by molar-refractivity contribution is 4.77. The van der Waals surface area contributed by atoms with Crippen LogP contribution in [0.15, 0.2) is 0 Å². The van der Waals surface area contributed by atoms with Gasteiger partial charge in [-0.3, -0.25) is 9.47 Å². The third-order valence-corrected chi connectivity index (χ3v) is 1.12. The fourth-order valence-electron chi connectivity index (χ4n) is 0.564. The summed E-state index contributed by atoms with van der Waals surface area (Å²) in [5, 5.41) is 0. The van der Waals surface area contributed by atoms with Gasteiger partial charge in [0.15, 0.2) is 0 Å². The zero-order valence-corrected chi connectivity index (χ0v) is 5.54. The van der Waals surface area contributed by atoms with Gasteiger partial charge in [-0.2, -0.15) is 30.7 Å². The minimum atomic E-state index is -5.41. The van der Waals surface area contributed by atoms with E-state index < -0.39 is 24.7 Å². The average Bonchev–Trinajstić information content (AvgIpc) is 2.00. The Balaban J connectivity index is 2.83. The Morgan fingerprint density at radius 3 is 1.31 bits per heavy atom. The minimum absolute atomic E-state index is 2.70. The first kappa shape index (κ1) is 10.5. The molecule has 0 atom stereocenters. The molecular weight excluding hydrogens is 213 g/mol. The van der Waals surface area contributed by atoms with Gasteiger partial charge in [-0.15, -0.1) is 0 Å². The number of hydrogen-bond acceptors (Lipinski definition) is 2. The lowest BCUT2D eigenvalue weighted by Gasteiger charge is -2.12. The van der Waals surface area contributed by atoms with Crippen molar-refractivity contribution in [3.05, 3.63) is 0 Å². The van der Waals surface area contributed by atoms with Crippen molar-refractivity contribution in [2.45, 2.75) is 24.7 Å². The minimum Gasteiger partial charge on any atom is -0.274 e. The zero-order valence-electron chi connectivity index (χ0n) is 5.54. The maximum atomic E-state index is 11.9. The molecule has 0 bridgehead atoms. The molecule has 9 heteroatoms. The molecular formula is C4HF7O2. The summed E-state index contributed by atoms with van der Waals surface area (Å²) in [6.07, 6.45) is -19.5. The van der Waals surface area contributed by atoms with Gasteiger partial charge in [-0.05, 0) is 0 Å². The maximum Gasteiger partial charge on any atom is 0.450 e. The van der Waals surface area contributed by atoms with E-state index in [0.29, 0.717) is 0 Å². The molecule has 0 aromatic heterocycles. The van der Waals surface area contributed by atoms with E-state index in [0.717, 1.165) is 0 Å². The van der Waals surface area contributed by atoms with Gasteiger partial charge in [-0.1, -0.05) is 0 Å². The molecule has 0 spiro atoms. The molecule has 0 aromatic carbocycles. The van der Waals surface area contributed by atoms with Crippen LogP contribution < -0.4 is 0 Å². The summed E-state index contributed by atoms with van der Waals surface area (Å²) in [5.74, 6) is 0. The average molecular weight is 214 g/mol. The van der Waals surface area contributed by atoms with Crippen LogP contribution in [-0.4, -0.2) is 24.7 Å². The molecule has 1 saturated heterocycles. The first-order chi connectivity index (χ1) is 5.56. The quantitative estimate of drug-likeness (QED) is 0.575. The van der Waals surface area contributed by atoms with Gasteiger partial charge in [0.2, 0.25) is 0 Å². The van der Waals surface area contributed by atoms with Crippen molar-refractivity contribution in [3.63, 3.8) is 0 Å². The van der Waals surface area contributed by atoms with Crippen molar-refractivity contribution in [1.82, 2.24) is 0 Å². The van der Waals surface area contributed by atoms with Gasteiger partial charge in [0.05, 0.1) is 0 Å². The summed E-state index contributed by atoms with van der Waals surface area (Å²) in [6, 6.07) is 0. The molecule has 1 fully saturated rings. The molecule has 78 valence electrons. The number of rotatable bonds is 0. The van der Waals surface area contributed by atoms with Crippen molar-refractivity contribution in [3.8, 4) is 0 Å². The monoisotopic (exact) mass is 214 g/mol. The predicted octanol–water partition coefficient (Wildman–Crippen LogP) is 2.11. The molecule has 0 radical (unpaired) electrons. The van der Waals surface area contributed by atoms with Gasteiger partial charge in [-0.25, -0.2) is 0 Å². The lowest BCUT2D eigenvalue weighted by Crippen LogP contribution is -2.36. The largest absolute Gasteiger partial charge is 0.450 e. The van der Waals surface area contributed by atoms with Crippen LogP contribution in [0.25, 0.3) is 0 Å². The van der Waals surface area contributed by atoms with Crippen LogP contribution in [0, 0.1) is 0 Å². The van der Waals surface area contributed by atoms with Crippen LogP contribution in [0.2, 0.25) is 0 Å². The summed E-state index contributed by atoms with van der Waals surface area (Å²) in [6.45, 7) is 0. The van der Waals surface area contributed by atoms with E-state index in [1.165, 1.54) is 0 Å². The van der Waals surface area contributed by atoms with Gasteiger partial charge >= 0.3 is 18.4 Å². The normalized spacial score (nSPS) is 27.9. The summed E-state index contributed by atoms with van der Waals surface area (Å²) < 4.78 is 87.6. The third-order valence-electron chi connectivity index (χ3n) is 1.12. The Hall–Kier alpha value is -0.570. The van der Waals surface area contributed by atoms with Crippen LogP contribution in [0.4, 0.5) is 30.7 Å². The fourth-order valence-corrected chi connectivity index (χ4v) is 0.564. The van der Waals surface area contributed by atoms with E-state index in [1.54, 1.807) is 0 Å². The Bertz CT molecular complexity index is 193. The summed E-state index contributed by atoms with van der Waals surface area (Å²) in [4.78, 5) is 0. The molecule has 2 nitrogen and oxygen atoms in total. The molecule has 0 amide bonds. The van der Waals surface area contributed by atoms with Crippen LogP contribution >= 0.6 is 0 Å². The van der Waals surface area contributed by atoms with Crippen molar-refractivity contribution < 1.29 is 40.2 Å². The molecule has 1 heterocycles. The van der Waals surface area contributed by atoms with Crippen LogP contribution in [0.1, 0.15) is 0 Å². The van der Waals surface area contributed by atoms with Crippen LogP contribution in [0.3, 0.4) is 0 Å². The SMILES string of the molecule is FC(F)(F)C1OC(F)(F)C(F)(F)O1. The molecule has 0 N–H and O–H groups in total.